The van der Waals surface area contributed by atoms with Crippen molar-refractivity contribution in [2.75, 3.05) is 6.61 Å². The van der Waals surface area contributed by atoms with Gasteiger partial charge < -0.3 is 9.47 Å². The van der Waals surface area contributed by atoms with E-state index in [4.69, 9.17) is 14.7 Å². The maximum absolute atomic E-state index is 15.0. The molecule has 2 heterocycles. The number of rotatable bonds is 4. The molecule has 0 fully saturated rings. The Kier molecular flexibility index (Phi) is 4.73. The van der Waals surface area contributed by atoms with Gasteiger partial charge in [0.05, 0.1) is 23.8 Å². The van der Waals surface area contributed by atoms with Gasteiger partial charge in [-0.05, 0) is 47.5 Å². The van der Waals surface area contributed by atoms with Gasteiger partial charge >= 0.3 is 0 Å². The Morgan fingerprint density at radius 1 is 1.07 bits per heavy atom. The lowest BCUT2D eigenvalue weighted by Gasteiger charge is -2.23. The Bertz CT molecular complexity index is 1060. The summed E-state index contributed by atoms with van der Waals surface area (Å²) in [7, 11) is 0. The first kappa shape index (κ1) is 17.7. The number of carbonyl (C=O) groups is 1. The Balaban J connectivity index is 1.74. The van der Waals surface area contributed by atoms with Crippen LogP contribution < -0.4 is 9.47 Å². The fourth-order valence-electron chi connectivity index (χ4n) is 3.10. The molecule has 0 amide bonds. The summed E-state index contributed by atoms with van der Waals surface area (Å²) in [5.74, 6) is -0.926. The molecule has 1 atom stereocenters. The van der Waals surface area contributed by atoms with Crippen LogP contribution in [0, 0.1) is 17.1 Å². The second-order valence-electron chi connectivity index (χ2n) is 6.29. The molecule has 2 aromatic carbocycles. The molecule has 0 spiro atoms. The van der Waals surface area contributed by atoms with E-state index in [-0.39, 0.29) is 35.9 Å². The number of Topliss-reactive ketones (excluding diaryl/α,β-unsaturated/α-hetero) is 1. The number of benzene rings is 2. The third kappa shape index (κ3) is 3.30. The maximum atomic E-state index is 15.0. The van der Waals surface area contributed by atoms with Gasteiger partial charge in [-0.1, -0.05) is 12.1 Å². The lowest BCUT2D eigenvalue weighted by molar-refractivity contribution is 0.0928. The van der Waals surface area contributed by atoms with Gasteiger partial charge in [-0.3, -0.25) is 9.78 Å². The van der Waals surface area contributed by atoms with Crippen molar-refractivity contribution in [2.45, 2.75) is 12.5 Å². The number of carbonyl (C=O) groups excluding carboxylic acids is 1. The highest BCUT2D eigenvalue weighted by Gasteiger charge is 2.26. The largest absolute Gasteiger partial charge is 0.489 e. The molecular weight excluding hydrogens is 359 g/mol. The van der Waals surface area contributed by atoms with Crippen LogP contribution in [0.15, 0.2) is 60.9 Å². The van der Waals surface area contributed by atoms with E-state index in [1.54, 1.807) is 48.8 Å². The number of fused-ring (bicyclic) bond motifs is 1. The van der Waals surface area contributed by atoms with Crippen LogP contribution in [0.1, 0.15) is 39.6 Å². The summed E-state index contributed by atoms with van der Waals surface area (Å²) in [5.41, 5.74) is 2.27. The highest BCUT2D eigenvalue weighted by molar-refractivity contribution is 5.99. The van der Waals surface area contributed by atoms with Gasteiger partial charge in [-0.2, -0.15) is 9.65 Å². The number of nitrogens with zero attached hydrogens (tertiary/aromatic N) is 2. The van der Waals surface area contributed by atoms with E-state index in [0.29, 0.717) is 5.56 Å². The van der Waals surface area contributed by atoms with Crippen LogP contribution in [0.4, 0.5) is 4.39 Å². The van der Waals surface area contributed by atoms with Crippen molar-refractivity contribution in [2.24, 2.45) is 0 Å². The number of hydrogen-bond donors (Lipinski definition) is 0. The number of ether oxygens (including phenoxy) is 2. The first-order valence-electron chi connectivity index (χ1n) is 8.72. The van der Waals surface area contributed by atoms with Gasteiger partial charge in [-0.25, -0.2) is 0 Å². The van der Waals surface area contributed by atoms with Crippen LogP contribution in [0.5, 0.6) is 11.5 Å². The molecule has 28 heavy (non-hydrogen) atoms. The average molecular weight is 374 g/mol. The summed E-state index contributed by atoms with van der Waals surface area (Å²) >= 11 is 0. The van der Waals surface area contributed by atoms with Gasteiger partial charge in [0, 0.05) is 18.8 Å². The molecular formula is C22H15FN2O3. The van der Waals surface area contributed by atoms with Gasteiger partial charge in [0.2, 0.25) is 5.82 Å². The molecule has 1 aromatic heterocycles. The topological polar surface area (TPSA) is 72.2 Å². The maximum Gasteiger partial charge on any atom is 0.207 e. The average Bonchev–Trinajstić information content (AvgIpc) is 2.75. The van der Waals surface area contributed by atoms with E-state index >= 15 is 0 Å². The van der Waals surface area contributed by atoms with Crippen molar-refractivity contribution in [1.82, 2.24) is 4.98 Å². The number of ketones is 1. The molecule has 5 nitrogen and oxygen atoms in total. The standard InChI is InChI=1S/C22H15FN2O3/c23-20-19(6-5-17-18(26)9-12-27-22(17)20)28-21(16-7-10-25-11-8-16)15-3-1-14(13-24)2-4-15/h1-8,10-11,21H,9,12H2. The van der Waals surface area contributed by atoms with Crippen molar-refractivity contribution in [3.63, 3.8) is 0 Å². The molecule has 1 aliphatic heterocycles. The summed E-state index contributed by atoms with van der Waals surface area (Å²) < 4.78 is 26.4. The Morgan fingerprint density at radius 3 is 2.50 bits per heavy atom. The van der Waals surface area contributed by atoms with Crippen molar-refractivity contribution in [3.8, 4) is 17.6 Å². The monoisotopic (exact) mass is 374 g/mol. The van der Waals surface area contributed by atoms with Crippen LogP contribution in [-0.2, 0) is 0 Å². The van der Waals surface area contributed by atoms with Gasteiger partial charge in [0.15, 0.2) is 17.3 Å². The van der Waals surface area contributed by atoms with Crippen molar-refractivity contribution >= 4 is 5.78 Å². The predicted octanol–water partition coefficient (Wildman–Crippen LogP) is 4.23. The van der Waals surface area contributed by atoms with Crippen LogP contribution in [0.25, 0.3) is 0 Å². The van der Waals surface area contributed by atoms with Crippen molar-refractivity contribution in [1.29, 1.82) is 5.26 Å². The van der Waals surface area contributed by atoms with Crippen molar-refractivity contribution < 1.29 is 18.7 Å². The SMILES string of the molecule is N#Cc1ccc(C(Oc2ccc3c(c2F)OCCC3=O)c2ccncc2)cc1. The molecule has 138 valence electrons. The van der Waals surface area contributed by atoms with Gasteiger partial charge in [0.1, 0.15) is 6.10 Å². The van der Waals surface area contributed by atoms with Gasteiger partial charge in [-0.15, -0.1) is 0 Å². The molecule has 4 rings (SSSR count). The Labute approximate surface area is 161 Å². The third-order valence-electron chi connectivity index (χ3n) is 4.53. The molecule has 0 N–H and O–H groups in total. The number of hydrogen-bond acceptors (Lipinski definition) is 5. The quantitative estimate of drug-likeness (QED) is 0.683. The Morgan fingerprint density at radius 2 is 1.79 bits per heavy atom. The van der Waals surface area contributed by atoms with Crippen LogP contribution in [0.2, 0.25) is 0 Å². The fraction of sp³-hybridized carbons (Fsp3) is 0.136. The van der Waals surface area contributed by atoms with Crippen LogP contribution in [-0.4, -0.2) is 17.4 Å². The van der Waals surface area contributed by atoms with E-state index in [1.807, 2.05) is 0 Å². The van der Waals surface area contributed by atoms with Gasteiger partial charge in [0.25, 0.3) is 0 Å². The molecule has 0 aliphatic carbocycles. The zero-order valence-electron chi connectivity index (χ0n) is 14.8. The molecule has 6 heteroatoms. The summed E-state index contributed by atoms with van der Waals surface area (Å²) in [6, 6.07) is 15.5. The zero-order valence-corrected chi connectivity index (χ0v) is 14.8. The number of aromatic nitrogens is 1. The smallest absolute Gasteiger partial charge is 0.207 e. The number of pyridine rings is 1. The predicted molar refractivity (Wildman–Crippen MR) is 98.7 cm³/mol. The normalized spacial score (nSPS) is 13.8. The van der Waals surface area contributed by atoms with E-state index in [1.165, 1.54) is 12.1 Å². The van der Waals surface area contributed by atoms with E-state index in [2.05, 4.69) is 11.1 Å². The number of halogens is 1. The van der Waals surface area contributed by atoms with E-state index in [0.717, 1.165) is 11.1 Å². The molecule has 0 saturated carbocycles. The molecule has 1 unspecified atom stereocenters. The molecule has 0 saturated heterocycles. The first-order valence-corrected chi connectivity index (χ1v) is 8.72. The Hall–Kier alpha value is -3.72. The third-order valence-corrected chi connectivity index (χ3v) is 4.53. The minimum Gasteiger partial charge on any atom is -0.489 e. The lowest BCUT2D eigenvalue weighted by atomic mass is 10.0. The lowest BCUT2D eigenvalue weighted by Crippen LogP contribution is -2.17. The molecule has 1 aliphatic rings. The second kappa shape index (κ2) is 7.49. The highest BCUT2D eigenvalue weighted by Crippen LogP contribution is 2.37. The van der Waals surface area contributed by atoms with Crippen LogP contribution >= 0.6 is 0 Å². The number of nitriles is 1. The minimum absolute atomic E-state index is 0.0142. The summed E-state index contributed by atoms with van der Waals surface area (Å²) in [6.07, 6.45) is 2.86. The van der Waals surface area contributed by atoms with Crippen LogP contribution in [0.3, 0.4) is 0 Å². The van der Waals surface area contributed by atoms with E-state index in [9.17, 15) is 9.18 Å². The van der Waals surface area contributed by atoms with E-state index < -0.39 is 11.9 Å². The highest BCUT2D eigenvalue weighted by atomic mass is 19.1. The minimum atomic E-state index is -0.696. The first-order chi connectivity index (χ1) is 13.7. The summed E-state index contributed by atoms with van der Waals surface area (Å²) in [5, 5.41) is 9.01. The van der Waals surface area contributed by atoms with Crippen molar-refractivity contribution in [3.05, 3.63) is 89.0 Å². The molecule has 0 bridgehead atoms. The molecule has 0 radical (unpaired) electrons. The summed E-state index contributed by atoms with van der Waals surface area (Å²) in [6.45, 7) is 0.148. The second-order valence-corrected chi connectivity index (χ2v) is 6.29. The fourth-order valence-corrected chi connectivity index (χ4v) is 3.10. The molecule has 3 aromatic rings. The summed E-state index contributed by atoms with van der Waals surface area (Å²) in [4.78, 5) is 16.0. The zero-order chi connectivity index (χ0) is 19.5.